The van der Waals surface area contributed by atoms with Gasteiger partial charge in [0.25, 0.3) is 10.0 Å². The number of sulfonamides is 1. The Labute approximate surface area is 155 Å². The largest absolute Gasteiger partial charge is 0.485 e. The van der Waals surface area contributed by atoms with E-state index in [2.05, 4.69) is 9.71 Å². The van der Waals surface area contributed by atoms with E-state index in [1.165, 1.54) is 17.4 Å². The number of ether oxygens (including phenoxy) is 1. The van der Waals surface area contributed by atoms with Crippen LogP contribution in [0.3, 0.4) is 0 Å². The number of hydrogen-bond acceptors (Lipinski definition) is 5. The minimum absolute atomic E-state index is 0.134. The number of aromatic nitrogens is 1. The second-order valence-electron chi connectivity index (χ2n) is 5.23. The molecule has 0 saturated heterocycles. The number of halogens is 1. The van der Waals surface area contributed by atoms with Crippen LogP contribution < -0.4 is 9.46 Å². The molecule has 0 aliphatic carbocycles. The number of hydrogen-bond donors (Lipinski definition) is 1. The molecule has 3 rings (SSSR count). The van der Waals surface area contributed by atoms with Gasteiger partial charge in [-0.05, 0) is 36.8 Å². The molecule has 0 amide bonds. The van der Waals surface area contributed by atoms with Crippen molar-refractivity contribution >= 4 is 38.6 Å². The van der Waals surface area contributed by atoms with Gasteiger partial charge in [-0.2, -0.15) is 0 Å². The van der Waals surface area contributed by atoms with Gasteiger partial charge in [0.15, 0.2) is 0 Å². The van der Waals surface area contributed by atoms with E-state index in [1.807, 2.05) is 5.38 Å². The van der Waals surface area contributed by atoms with Crippen LogP contribution in [0, 0.1) is 6.92 Å². The van der Waals surface area contributed by atoms with Crippen LogP contribution in [0.15, 0.2) is 58.3 Å². The van der Waals surface area contributed by atoms with E-state index in [0.717, 1.165) is 5.69 Å². The molecule has 2 aromatic carbocycles. The number of benzene rings is 2. The third kappa shape index (κ3) is 4.12. The van der Waals surface area contributed by atoms with Crippen molar-refractivity contribution in [1.29, 1.82) is 0 Å². The van der Waals surface area contributed by atoms with E-state index in [-0.39, 0.29) is 11.5 Å². The molecule has 3 aromatic rings. The third-order valence-electron chi connectivity index (χ3n) is 3.50. The molecule has 8 heteroatoms. The zero-order chi connectivity index (χ0) is 17.9. The van der Waals surface area contributed by atoms with E-state index < -0.39 is 10.0 Å². The van der Waals surface area contributed by atoms with Crippen molar-refractivity contribution in [3.8, 4) is 5.75 Å². The number of para-hydroxylation sites is 2. The lowest BCUT2D eigenvalue weighted by Gasteiger charge is -2.14. The van der Waals surface area contributed by atoms with Crippen molar-refractivity contribution in [2.24, 2.45) is 0 Å². The van der Waals surface area contributed by atoms with Crippen LogP contribution >= 0.6 is 22.9 Å². The molecule has 1 heterocycles. The summed E-state index contributed by atoms with van der Waals surface area (Å²) in [6.45, 7) is 1.93. The normalized spacial score (nSPS) is 11.3. The number of anilines is 1. The molecule has 0 fully saturated rings. The van der Waals surface area contributed by atoms with Gasteiger partial charge in [-0.25, -0.2) is 13.4 Å². The van der Waals surface area contributed by atoms with Crippen molar-refractivity contribution in [1.82, 2.24) is 4.98 Å². The van der Waals surface area contributed by atoms with Crippen molar-refractivity contribution in [3.63, 3.8) is 0 Å². The number of thiazole rings is 1. The van der Waals surface area contributed by atoms with Gasteiger partial charge in [0.2, 0.25) is 0 Å². The lowest BCUT2D eigenvalue weighted by atomic mass is 10.2. The Morgan fingerprint density at radius 3 is 2.76 bits per heavy atom. The number of nitrogens with one attached hydrogen (secondary N) is 1. The van der Waals surface area contributed by atoms with Gasteiger partial charge < -0.3 is 4.74 Å². The van der Waals surface area contributed by atoms with E-state index in [9.17, 15) is 8.42 Å². The third-order valence-corrected chi connectivity index (χ3v) is 6.05. The standard InChI is InChI=1S/C17H15ClN2O3S2/c1-12-14(18)5-4-8-17(12)25(21,22)20-15-6-2-3-7-16(15)23-9-13-10-24-11-19-13/h2-8,10-11,20H,9H2,1H3. The Bertz CT molecular complexity index is 973. The smallest absolute Gasteiger partial charge is 0.262 e. The fourth-order valence-electron chi connectivity index (χ4n) is 2.22. The van der Waals surface area contributed by atoms with E-state index in [0.29, 0.717) is 22.0 Å². The van der Waals surface area contributed by atoms with Crippen LogP contribution in [0.2, 0.25) is 5.02 Å². The van der Waals surface area contributed by atoms with Crippen molar-refractivity contribution < 1.29 is 13.2 Å². The highest BCUT2D eigenvalue weighted by atomic mass is 35.5. The molecule has 5 nitrogen and oxygen atoms in total. The summed E-state index contributed by atoms with van der Waals surface area (Å²) in [6.07, 6.45) is 0. The molecule has 0 bridgehead atoms. The Morgan fingerprint density at radius 1 is 1.20 bits per heavy atom. The first-order valence-electron chi connectivity index (χ1n) is 7.34. The molecular formula is C17H15ClN2O3S2. The van der Waals surface area contributed by atoms with Crippen LogP contribution in [0.5, 0.6) is 5.75 Å². The topological polar surface area (TPSA) is 68.3 Å². The molecule has 0 atom stereocenters. The van der Waals surface area contributed by atoms with Gasteiger partial charge in [-0.15, -0.1) is 11.3 Å². The van der Waals surface area contributed by atoms with Crippen molar-refractivity contribution in [3.05, 3.63) is 69.6 Å². The van der Waals surface area contributed by atoms with Crippen LogP contribution in [-0.2, 0) is 16.6 Å². The van der Waals surface area contributed by atoms with Gasteiger partial charge in [0.05, 0.1) is 21.8 Å². The predicted octanol–water partition coefficient (Wildman–Crippen LogP) is 4.48. The van der Waals surface area contributed by atoms with Gasteiger partial charge in [-0.1, -0.05) is 29.8 Å². The van der Waals surface area contributed by atoms with Gasteiger partial charge in [-0.3, -0.25) is 4.72 Å². The van der Waals surface area contributed by atoms with E-state index in [4.69, 9.17) is 16.3 Å². The average molecular weight is 395 g/mol. The van der Waals surface area contributed by atoms with Gasteiger partial charge in [0, 0.05) is 10.4 Å². The number of nitrogens with zero attached hydrogens (tertiary/aromatic N) is 1. The van der Waals surface area contributed by atoms with Gasteiger partial charge in [0.1, 0.15) is 12.4 Å². The highest BCUT2D eigenvalue weighted by molar-refractivity contribution is 7.92. The molecule has 0 spiro atoms. The summed E-state index contributed by atoms with van der Waals surface area (Å²) in [6, 6.07) is 11.6. The molecule has 130 valence electrons. The maximum absolute atomic E-state index is 12.7. The lowest BCUT2D eigenvalue weighted by Crippen LogP contribution is -2.15. The van der Waals surface area contributed by atoms with Gasteiger partial charge >= 0.3 is 0 Å². The maximum Gasteiger partial charge on any atom is 0.262 e. The number of rotatable bonds is 6. The fraction of sp³-hybridized carbons (Fsp3) is 0.118. The maximum atomic E-state index is 12.7. The molecule has 25 heavy (non-hydrogen) atoms. The summed E-state index contributed by atoms with van der Waals surface area (Å²) in [5.74, 6) is 0.429. The minimum atomic E-state index is -3.79. The molecule has 0 unspecified atom stereocenters. The van der Waals surface area contributed by atoms with Crippen LogP contribution in [-0.4, -0.2) is 13.4 Å². The molecule has 0 radical (unpaired) electrons. The molecule has 0 aliphatic rings. The zero-order valence-corrected chi connectivity index (χ0v) is 15.7. The lowest BCUT2D eigenvalue weighted by molar-refractivity contribution is 0.304. The first-order valence-corrected chi connectivity index (χ1v) is 10.1. The zero-order valence-electron chi connectivity index (χ0n) is 13.3. The molecular weight excluding hydrogens is 380 g/mol. The monoisotopic (exact) mass is 394 g/mol. The van der Waals surface area contributed by atoms with E-state index in [1.54, 1.807) is 48.8 Å². The summed E-state index contributed by atoms with van der Waals surface area (Å²) < 4.78 is 33.7. The molecule has 0 saturated carbocycles. The second-order valence-corrected chi connectivity index (χ2v) is 8.01. The van der Waals surface area contributed by atoms with E-state index >= 15 is 0 Å². The highest BCUT2D eigenvalue weighted by Crippen LogP contribution is 2.29. The molecule has 1 N–H and O–H groups in total. The van der Waals surface area contributed by atoms with Crippen molar-refractivity contribution in [2.45, 2.75) is 18.4 Å². The predicted molar refractivity (Wildman–Crippen MR) is 99.9 cm³/mol. The Morgan fingerprint density at radius 2 is 2.00 bits per heavy atom. The SMILES string of the molecule is Cc1c(Cl)cccc1S(=O)(=O)Nc1ccccc1OCc1cscn1. The summed E-state index contributed by atoms with van der Waals surface area (Å²) in [5, 5.41) is 2.28. The summed E-state index contributed by atoms with van der Waals surface area (Å²) in [7, 11) is -3.79. The summed E-state index contributed by atoms with van der Waals surface area (Å²) in [5.41, 5.74) is 3.36. The quantitative estimate of drug-likeness (QED) is 0.669. The first kappa shape index (κ1) is 17.7. The second kappa shape index (κ2) is 7.43. The van der Waals surface area contributed by atoms with Crippen LogP contribution in [0.4, 0.5) is 5.69 Å². The van der Waals surface area contributed by atoms with Crippen LogP contribution in [0.1, 0.15) is 11.3 Å². The fourth-order valence-corrected chi connectivity index (χ4v) is 4.33. The minimum Gasteiger partial charge on any atom is -0.485 e. The summed E-state index contributed by atoms with van der Waals surface area (Å²) in [4.78, 5) is 4.28. The Hall–Kier alpha value is -2.09. The summed E-state index contributed by atoms with van der Waals surface area (Å²) >= 11 is 7.51. The Kier molecular flexibility index (Phi) is 5.27. The first-order chi connectivity index (χ1) is 12.0. The highest BCUT2D eigenvalue weighted by Gasteiger charge is 2.20. The average Bonchev–Trinajstić information content (AvgIpc) is 3.09. The van der Waals surface area contributed by atoms with Crippen LogP contribution in [0.25, 0.3) is 0 Å². The van der Waals surface area contributed by atoms with Crippen molar-refractivity contribution in [2.75, 3.05) is 4.72 Å². The molecule has 1 aromatic heterocycles. The molecule has 0 aliphatic heterocycles. The Balaban J connectivity index is 1.86.